The van der Waals surface area contributed by atoms with E-state index in [-0.39, 0.29) is 22.9 Å². The highest BCUT2D eigenvalue weighted by atomic mass is 16.5. The second-order valence-electron chi connectivity index (χ2n) is 9.96. The minimum atomic E-state index is -0.144. The van der Waals surface area contributed by atoms with E-state index in [1.165, 1.54) is 31.7 Å². The third kappa shape index (κ3) is 2.34. The lowest BCUT2D eigenvalue weighted by Gasteiger charge is -2.57. The zero-order chi connectivity index (χ0) is 19.0. The zero-order valence-electron chi connectivity index (χ0n) is 17.0. The number of aryl methyl sites for hydroxylation is 1. The van der Waals surface area contributed by atoms with Crippen molar-refractivity contribution in [2.45, 2.75) is 84.2 Å². The Bertz CT molecular complexity index is 824. The summed E-state index contributed by atoms with van der Waals surface area (Å²) < 4.78 is 11.3. The summed E-state index contributed by atoms with van der Waals surface area (Å²) in [6.07, 6.45) is 10.4. The van der Waals surface area contributed by atoms with E-state index in [0.29, 0.717) is 5.92 Å². The van der Waals surface area contributed by atoms with Gasteiger partial charge >= 0.3 is 5.97 Å². The maximum Gasteiger partial charge on any atom is 0.302 e. The van der Waals surface area contributed by atoms with Crippen molar-refractivity contribution in [2.24, 2.45) is 23.2 Å². The second-order valence-corrected chi connectivity index (χ2v) is 9.96. The Hall–Kier alpha value is -1.58. The number of aromatic nitrogens is 1. The van der Waals surface area contributed by atoms with Gasteiger partial charge in [-0.1, -0.05) is 30.7 Å². The largest absolute Gasteiger partial charge is 0.462 e. The maximum absolute atomic E-state index is 11.4. The molecule has 4 heteroatoms. The van der Waals surface area contributed by atoms with Crippen LogP contribution in [0.5, 0.6) is 0 Å². The minimum absolute atomic E-state index is 0.0800. The van der Waals surface area contributed by atoms with Crippen LogP contribution in [0.3, 0.4) is 0 Å². The summed E-state index contributed by atoms with van der Waals surface area (Å²) in [5.74, 6) is 3.15. The van der Waals surface area contributed by atoms with Gasteiger partial charge in [0.25, 0.3) is 0 Å². The van der Waals surface area contributed by atoms with Gasteiger partial charge in [0, 0.05) is 30.7 Å². The lowest BCUT2D eigenvalue weighted by molar-refractivity contribution is -0.148. The first-order valence-electron chi connectivity index (χ1n) is 10.7. The van der Waals surface area contributed by atoms with Crippen molar-refractivity contribution < 1.29 is 14.1 Å². The first kappa shape index (κ1) is 17.5. The van der Waals surface area contributed by atoms with Gasteiger partial charge in [0.2, 0.25) is 0 Å². The van der Waals surface area contributed by atoms with Crippen LogP contribution in [0.15, 0.2) is 16.2 Å². The highest BCUT2D eigenvalue weighted by Gasteiger charge is 2.59. The van der Waals surface area contributed by atoms with E-state index < -0.39 is 0 Å². The molecule has 4 nitrogen and oxygen atoms in total. The van der Waals surface area contributed by atoms with Gasteiger partial charge in [-0.3, -0.25) is 4.79 Å². The van der Waals surface area contributed by atoms with Gasteiger partial charge in [0.05, 0.1) is 5.69 Å². The molecule has 1 aromatic heterocycles. The second kappa shape index (κ2) is 5.71. The van der Waals surface area contributed by atoms with E-state index in [4.69, 9.17) is 9.26 Å². The van der Waals surface area contributed by atoms with Crippen LogP contribution in [-0.4, -0.2) is 17.2 Å². The monoisotopic (exact) mass is 369 g/mol. The normalized spacial score (nSPS) is 42.4. The summed E-state index contributed by atoms with van der Waals surface area (Å²) in [6.45, 7) is 8.59. The fourth-order valence-corrected chi connectivity index (χ4v) is 7.46. The third-order valence-corrected chi connectivity index (χ3v) is 8.69. The third-order valence-electron chi connectivity index (χ3n) is 8.69. The summed E-state index contributed by atoms with van der Waals surface area (Å²) in [4.78, 5) is 11.4. The molecule has 0 bridgehead atoms. The van der Waals surface area contributed by atoms with Gasteiger partial charge < -0.3 is 9.26 Å². The van der Waals surface area contributed by atoms with Gasteiger partial charge in [-0.25, -0.2) is 0 Å². The number of nitrogens with zero attached hydrogens (tertiary/aromatic N) is 1. The van der Waals surface area contributed by atoms with E-state index in [2.05, 4.69) is 32.0 Å². The number of allylic oxidation sites excluding steroid dienone is 1. The van der Waals surface area contributed by atoms with E-state index >= 15 is 0 Å². The Labute approximate surface area is 161 Å². The fraction of sp³-hybridized carbons (Fsp3) is 0.739. The van der Waals surface area contributed by atoms with Crippen molar-refractivity contribution in [2.75, 3.05) is 0 Å². The predicted octanol–water partition coefficient (Wildman–Crippen LogP) is 4.89. The van der Waals surface area contributed by atoms with Crippen LogP contribution in [-0.2, 0) is 21.4 Å². The summed E-state index contributed by atoms with van der Waals surface area (Å²) in [5.41, 5.74) is 4.59. The van der Waals surface area contributed by atoms with E-state index in [1.54, 1.807) is 5.57 Å². The molecule has 1 heterocycles. The Morgan fingerprint density at radius 2 is 1.96 bits per heavy atom. The van der Waals surface area contributed by atoms with Crippen molar-refractivity contribution >= 4 is 5.97 Å². The summed E-state index contributed by atoms with van der Waals surface area (Å²) in [6, 6.07) is 0. The molecule has 146 valence electrons. The van der Waals surface area contributed by atoms with E-state index in [0.717, 1.165) is 49.0 Å². The van der Waals surface area contributed by atoms with Crippen LogP contribution >= 0.6 is 0 Å². The summed E-state index contributed by atoms with van der Waals surface area (Å²) >= 11 is 0. The summed E-state index contributed by atoms with van der Waals surface area (Å²) in [5, 5.41) is 4.26. The number of esters is 1. The van der Waals surface area contributed by atoms with Crippen molar-refractivity contribution in [3.05, 3.63) is 28.7 Å². The van der Waals surface area contributed by atoms with Crippen molar-refractivity contribution in [1.29, 1.82) is 0 Å². The average molecular weight is 370 g/mol. The van der Waals surface area contributed by atoms with Crippen LogP contribution < -0.4 is 0 Å². The Morgan fingerprint density at radius 1 is 1.19 bits per heavy atom. The van der Waals surface area contributed by atoms with Crippen molar-refractivity contribution in [3.63, 3.8) is 0 Å². The SMILES string of the molecule is CC(=O)O[C@H]1CC[C@@]2(C)C(=CC[C@@H]3[C@@H]2CC[C@]2(C)c4c(C)noc4C[C@@H]32)C1. The molecule has 0 spiro atoms. The molecule has 0 aliphatic heterocycles. The Balaban J connectivity index is 1.45. The number of ether oxygens (including phenoxy) is 1. The van der Waals surface area contributed by atoms with Gasteiger partial charge in [0.1, 0.15) is 11.9 Å². The molecular formula is C23H31NO3. The minimum Gasteiger partial charge on any atom is -0.462 e. The molecule has 1 aromatic rings. The first-order valence-corrected chi connectivity index (χ1v) is 10.7. The Morgan fingerprint density at radius 3 is 2.74 bits per heavy atom. The first-order chi connectivity index (χ1) is 12.8. The van der Waals surface area contributed by atoms with Crippen molar-refractivity contribution in [1.82, 2.24) is 5.16 Å². The van der Waals surface area contributed by atoms with Gasteiger partial charge in [0.15, 0.2) is 0 Å². The van der Waals surface area contributed by atoms with Crippen LogP contribution in [0.2, 0.25) is 0 Å². The Kier molecular flexibility index (Phi) is 3.71. The highest BCUT2D eigenvalue weighted by molar-refractivity contribution is 5.66. The van der Waals surface area contributed by atoms with Crippen molar-refractivity contribution in [3.8, 4) is 0 Å². The molecule has 0 unspecified atom stereocenters. The fourth-order valence-electron chi connectivity index (χ4n) is 7.46. The number of hydrogen-bond acceptors (Lipinski definition) is 4. The molecule has 4 aliphatic carbocycles. The zero-order valence-corrected chi connectivity index (χ0v) is 17.0. The summed E-state index contributed by atoms with van der Waals surface area (Å²) in [7, 11) is 0. The molecule has 0 aromatic carbocycles. The molecule has 4 aliphatic rings. The number of carbonyl (C=O) groups is 1. The number of fused-ring (bicyclic) bond motifs is 7. The van der Waals surface area contributed by atoms with E-state index in [9.17, 15) is 4.79 Å². The molecule has 0 saturated heterocycles. The molecule has 0 radical (unpaired) electrons. The topological polar surface area (TPSA) is 52.3 Å². The standard InChI is InChI=1S/C23H31NO3/c1-13-21-20(27-24-13)12-19-17-6-5-15-11-16(26-14(2)25)7-9-22(15,3)18(17)8-10-23(19,21)4/h5,16-19H,6-12H2,1-4H3/t16-,17+,18-,19-,22-,23-/m0/s1. The molecule has 5 rings (SSSR count). The quantitative estimate of drug-likeness (QED) is 0.522. The van der Waals surface area contributed by atoms with E-state index in [1.807, 2.05) is 0 Å². The molecule has 2 saturated carbocycles. The molecule has 27 heavy (non-hydrogen) atoms. The molecule has 2 fully saturated rings. The lowest BCUT2D eigenvalue weighted by atomic mass is 9.47. The number of hydrogen-bond donors (Lipinski definition) is 0. The lowest BCUT2D eigenvalue weighted by Crippen LogP contribution is -2.51. The molecule has 6 atom stereocenters. The molecular weight excluding hydrogens is 338 g/mol. The van der Waals surface area contributed by atoms with Crippen LogP contribution in [0.25, 0.3) is 0 Å². The molecule has 0 N–H and O–H groups in total. The van der Waals surface area contributed by atoms with Crippen LogP contribution in [0.1, 0.15) is 76.3 Å². The molecule has 0 amide bonds. The average Bonchev–Trinajstić information content (AvgIpc) is 3.12. The van der Waals surface area contributed by atoms with Crippen LogP contribution in [0.4, 0.5) is 0 Å². The van der Waals surface area contributed by atoms with Crippen LogP contribution in [0, 0.1) is 30.1 Å². The number of carbonyl (C=O) groups excluding carboxylic acids is 1. The number of rotatable bonds is 1. The highest BCUT2D eigenvalue weighted by Crippen LogP contribution is 2.64. The predicted molar refractivity (Wildman–Crippen MR) is 102 cm³/mol. The maximum atomic E-state index is 11.4. The van der Waals surface area contributed by atoms with Gasteiger partial charge in [-0.15, -0.1) is 0 Å². The van der Waals surface area contributed by atoms with Gasteiger partial charge in [-0.05, 0) is 62.2 Å². The smallest absolute Gasteiger partial charge is 0.302 e. The van der Waals surface area contributed by atoms with Gasteiger partial charge in [-0.2, -0.15) is 0 Å².